The minimum Gasteiger partial charge on any atom is -0.504 e. The number of phenols is 1. The van der Waals surface area contributed by atoms with Crippen LogP contribution < -0.4 is 9.64 Å². The number of amides is 2. The summed E-state index contributed by atoms with van der Waals surface area (Å²) in [6.07, 6.45) is -8.83. The molecule has 48 heavy (non-hydrogen) atoms. The molecule has 0 aromatic heterocycles. The molecule has 13 heteroatoms. The van der Waals surface area contributed by atoms with Gasteiger partial charge >= 0.3 is 12.4 Å². The summed E-state index contributed by atoms with van der Waals surface area (Å²) in [5.41, 5.74) is -3.96. The van der Waals surface area contributed by atoms with Crippen LogP contribution in [0, 0.1) is 29.1 Å². The highest BCUT2D eigenvalue weighted by Crippen LogP contribution is 2.63. The molecule has 1 N–H and O–H groups in total. The third kappa shape index (κ3) is 4.87. The van der Waals surface area contributed by atoms with Gasteiger partial charge in [0, 0.05) is 11.8 Å². The van der Waals surface area contributed by atoms with Crippen molar-refractivity contribution in [2.45, 2.75) is 58.8 Å². The zero-order chi connectivity index (χ0) is 35.2. The number of Topliss-reactive ketones (excluding diaryl/α,β-unsaturated/α-hetero) is 2. The number of fused-ring (bicyclic) bond motifs is 4. The second-order valence-electron chi connectivity index (χ2n) is 13.1. The monoisotopic (exact) mass is 675 g/mol. The van der Waals surface area contributed by atoms with Crippen LogP contribution >= 0.6 is 0 Å². The number of halogens is 6. The van der Waals surface area contributed by atoms with Gasteiger partial charge in [0.15, 0.2) is 23.1 Å². The number of rotatable bonds is 4. The van der Waals surface area contributed by atoms with Gasteiger partial charge in [0.2, 0.25) is 11.8 Å². The van der Waals surface area contributed by atoms with Crippen molar-refractivity contribution in [3.63, 3.8) is 0 Å². The fourth-order valence-corrected chi connectivity index (χ4v) is 8.26. The molecule has 6 atom stereocenters. The number of ketones is 2. The van der Waals surface area contributed by atoms with Gasteiger partial charge in [-0.3, -0.25) is 19.2 Å². The first-order chi connectivity index (χ1) is 22.3. The zero-order valence-electron chi connectivity index (χ0n) is 26.3. The molecule has 1 heterocycles. The van der Waals surface area contributed by atoms with E-state index in [0.29, 0.717) is 28.2 Å². The highest BCUT2D eigenvalue weighted by Gasteiger charge is 2.64. The SMILES string of the molecule is CCOc1cc([C@H]2C3=CC[C@@H]4C(=O)N(c5cc(C(F)(F)F)cc(C(F)(F)F)c5)C(=O)[C@@H]4[C@@H]3C[C@H]3C(=O)C(C)=C(C)C(=O)[C@@]23C)ccc1O. The van der Waals surface area contributed by atoms with E-state index >= 15 is 0 Å². The number of hydrogen-bond acceptors (Lipinski definition) is 6. The predicted molar refractivity (Wildman–Crippen MR) is 159 cm³/mol. The van der Waals surface area contributed by atoms with Gasteiger partial charge in [-0.2, -0.15) is 26.3 Å². The van der Waals surface area contributed by atoms with E-state index in [9.17, 15) is 50.6 Å². The van der Waals surface area contributed by atoms with Crippen LogP contribution in [0.25, 0.3) is 0 Å². The van der Waals surface area contributed by atoms with E-state index < -0.39 is 76.0 Å². The first-order valence-electron chi connectivity index (χ1n) is 15.4. The Morgan fingerprint density at radius 2 is 1.52 bits per heavy atom. The van der Waals surface area contributed by atoms with Crippen LogP contribution in [0.2, 0.25) is 0 Å². The zero-order valence-corrected chi connectivity index (χ0v) is 26.3. The Morgan fingerprint density at radius 3 is 2.10 bits per heavy atom. The molecule has 7 nitrogen and oxygen atoms in total. The Hall–Kier alpha value is -4.42. The minimum atomic E-state index is -5.20. The first kappa shape index (κ1) is 33.5. The van der Waals surface area contributed by atoms with E-state index in [4.69, 9.17) is 4.74 Å². The molecule has 2 fully saturated rings. The van der Waals surface area contributed by atoms with Gasteiger partial charge in [0.25, 0.3) is 0 Å². The fourth-order valence-electron chi connectivity index (χ4n) is 8.26. The topological polar surface area (TPSA) is 101 Å². The number of alkyl halides is 6. The summed E-state index contributed by atoms with van der Waals surface area (Å²) in [6, 6.07) is 5.13. The second-order valence-corrected chi connectivity index (χ2v) is 13.1. The molecular weight excluding hydrogens is 644 g/mol. The number of carbonyl (C=O) groups excluding carboxylic acids is 4. The molecule has 1 saturated carbocycles. The molecule has 4 aliphatic rings. The van der Waals surface area contributed by atoms with E-state index in [-0.39, 0.29) is 59.7 Å². The maximum Gasteiger partial charge on any atom is 0.416 e. The number of aromatic hydroxyl groups is 1. The molecule has 254 valence electrons. The van der Waals surface area contributed by atoms with Gasteiger partial charge in [-0.15, -0.1) is 0 Å². The quantitative estimate of drug-likeness (QED) is 0.210. The Morgan fingerprint density at radius 1 is 0.896 bits per heavy atom. The van der Waals surface area contributed by atoms with E-state index in [1.54, 1.807) is 39.0 Å². The maximum atomic E-state index is 14.2. The minimum absolute atomic E-state index is 0.0468. The standard InChI is InChI=1S/C35H31F6NO6/c1-5-48-26-10-17(6-9-25(26)43)28-21-7-8-22-27(23(21)14-24-29(44)15(2)16(3)30(45)33(24,28)4)32(47)42(31(22)46)20-12-18(34(36,37)38)11-19(13-20)35(39,40)41/h6-7,9-13,22-24,27-28,43H,5,8,14H2,1-4H3/t22-,23+,24-,27-,28-,33+/m0/s1. The van der Waals surface area contributed by atoms with Crippen LogP contribution in [0.1, 0.15) is 63.1 Å². The number of imide groups is 1. The number of allylic oxidation sites excluding steroid dienone is 4. The largest absolute Gasteiger partial charge is 0.504 e. The summed E-state index contributed by atoms with van der Waals surface area (Å²) in [5.74, 6) is -7.59. The highest BCUT2D eigenvalue weighted by atomic mass is 19.4. The fraction of sp³-hybridized carbons (Fsp3) is 0.429. The van der Waals surface area contributed by atoms with Gasteiger partial charge in [-0.05, 0) is 86.6 Å². The van der Waals surface area contributed by atoms with Crippen LogP contribution in [0.5, 0.6) is 11.5 Å². The second kappa shape index (κ2) is 11.1. The number of benzene rings is 2. The summed E-state index contributed by atoms with van der Waals surface area (Å²) >= 11 is 0. The predicted octanol–water partition coefficient (Wildman–Crippen LogP) is 7.18. The summed E-state index contributed by atoms with van der Waals surface area (Å²) in [7, 11) is 0. The molecule has 0 unspecified atom stereocenters. The summed E-state index contributed by atoms with van der Waals surface area (Å²) in [4.78, 5) is 56.4. The van der Waals surface area contributed by atoms with Gasteiger partial charge in [-0.1, -0.05) is 24.6 Å². The van der Waals surface area contributed by atoms with Crippen LogP contribution in [0.15, 0.2) is 59.2 Å². The van der Waals surface area contributed by atoms with E-state index in [1.165, 1.54) is 13.0 Å². The van der Waals surface area contributed by atoms with Crippen LogP contribution in [-0.2, 0) is 31.5 Å². The summed E-state index contributed by atoms with van der Waals surface area (Å²) in [5, 5.41) is 10.4. The van der Waals surface area contributed by atoms with Crippen LogP contribution in [0.3, 0.4) is 0 Å². The molecular formula is C35H31F6NO6. The van der Waals surface area contributed by atoms with Gasteiger partial charge < -0.3 is 9.84 Å². The number of phenolic OH excluding ortho intramolecular Hbond substituents is 1. The van der Waals surface area contributed by atoms with Crippen LogP contribution in [0.4, 0.5) is 32.0 Å². The molecule has 2 aromatic carbocycles. The highest BCUT2D eigenvalue weighted by molar-refractivity contribution is 6.23. The average Bonchev–Trinajstić information content (AvgIpc) is 3.28. The first-order valence-corrected chi connectivity index (χ1v) is 15.4. The van der Waals surface area contributed by atoms with Crippen molar-refractivity contribution >= 4 is 29.1 Å². The number of nitrogens with zero attached hydrogens (tertiary/aromatic N) is 1. The van der Waals surface area contributed by atoms with Crippen molar-refractivity contribution in [2.75, 3.05) is 11.5 Å². The van der Waals surface area contributed by atoms with Gasteiger partial charge in [-0.25, -0.2) is 4.90 Å². The van der Waals surface area contributed by atoms with Crippen molar-refractivity contribution in [3.05, 3.63) is 75.9 Å². The van der Waals surface area contributed by atoms with Crippen molar-refractivity contribution in [1.82, 2.24) is 0 Å². The third-order valence-electron chi connectivity index (χ3n) is 10.6. The molecule has 1 saturated heterocycles. The Bertz CT molecular complexity index is 1810. The number of anilines is 1. The lowest BCUT2D eigenvalue weighted by atomic mass is 9.46. The molecule has 2 aromatic rings. The lowest BCUT2D eigenvalue weighted by Gasteiger charge is -2.54. The number of carbonyl (C=O) groups is 4. The molecule has 0 spiro atoms. The summed E-state index contributed by atoms with van der Waals surface area (Å²) in [6.45, 7) is 6.68. The van der Waals surface area contributed by atoms with E-state index in [1.807, 2.05) is 0 Å². The van der Waals surface area contributed by atoms with E-state index in [0.717, 1.165) is 0 Å². The van der Waals surface area contributed by atoms with Gasteiger partial charge in [0.1, 0.15) is 0 Å². The lowest BCUT2D eigenvalue weighted by Crippen LogP contribution is -2.55. The Kier molecular flexibility index (Phi) is 7.72. The molecule has 6 rings (SSSR count). The smallest absolute Gasteiger partial charge is 0.416 e. The third-order valence-corrected chi connectivity index (χ3v) is 10.6. The summed E-state index contributed by atoms with van der Waals surface area (Å²) < 4.78 is 87.9. The molecule has 1 aliphatic heterocycles. The van der Waals surface area contributed by atoms with Crippen molar-refractivity contribution in [1.29, 1.82) is 0 Å². The van der Waals surface area contributed by atoms with Crippen LogP contribution in [-0.4, -0.2) is 35.1 Å². The van der Waals surface area contributed by atoms with Crippen molar-refractivity contribution in [3.8, 4) is 11.5 Å². The maximum absolute atomic E-state index is 14.2. The molecule has 3 aliphatic carbocycles. The van der Waals surface area contributed by atoms with Gasteiger partial charge in [0.05, 0.1) is 40.7 Å². The van der Waals surface area contributed by atoms with Crippen molar-refractivity contribution < 1.29 is 55.4 Å². The molecule has 2 amide bonds. The normalized spacial score (nSPS) is 29.1. The van der Waals surface area contributed by atoms with Crippen molar-refractivity contribution in [2.24, 2.45) is 29.1 Å². The number of ether oxygens (including phenoxy) is 1. The number of hydrogen-bond donors (Lipinski definition) is 1. The Labute approximate surface area is 271 Å². The molecule has 0 bridgehead atoms. The molecule has 0 radical (unpaired) electrons. The van der Waals surface area contributed by atoms with E-state index in [2.05, 4.69) is 0 Å². The average molecular weight is 676 g/mol. The lowest BCUT2D eigenvalue weighted by molar-refractivity contribution is -0.143. The Balaban J connectivity index is 1.50.